The molecule has 81 heavy (non-hydrogen) atoms. The van der Waals surface area contributed by atoms with E-state index in [0.29, 0.717) is 12.1 Å². The number of aromatic nitrogens is 6. The van der Waals surface area contributed by atoms with Crippen molar-refractivity contribution in [3.05, 3.63) is 271 Å². The van der Waals surface area contributed by atoms with Gasteiger partial charge >= 0.3 is 0 Å². The van der Waals surface area contributed by atoms with Crippen molar-refractivity contribution in [2.24, 2.45) is 0 Å². The van der Waals surface area contributed by atoms with Crippen LogP contribution in [0.1, 0.15) is 17.7 Å². The van der Waals surface area contributed by atoms with Crippen LogP contribution >= 0.6 is 0 Å². The van der Waals surface area contributed by atoms with Gasteiger partial charge in [0.25, 0.3) is 0 Å². The number of rotatable bonds is 6. The summed E-state index contributed by atoms with van der Waals surface area (Å²) in [7, 11) is 0. The van der Waals surface area contributed by atoms with Gasteiger partial charge in [-0.15, -0.1) is 0 Å². The third-order valence-corrected chi connectivity index (χ3v) is 17.5. The second kappa shape index (κ2) is 16.6. The topological polar surface area (TPSA) is 69.5 Å². The maximum Gasteiger partial charge on any atom is 0.246 e. The van der Waals surface area contributed by atoms with Gasteiger partial charge < -0.3 is 18.5 Å². The third kappa shape index (κ3) is 6.28. The first-order valence-electron chi connectivity index (χ1n) is 27.8. The molecule has 17 aromatic rings. The Morgan fingerprint density at radius 3 is 1.59 bits per heavy atom. The van der Waals surface area contributed by atoms with Crippen LogP contribution in [0.15, 0.2) is 253 Å². The van der Waals surface area contributed by atoms with Crippen LogP contribution in [0.3, 0.4) is 0 Å². The largest absolute Gasteiger partial charge is 0.436 e. The fraction of sp³-hybridized carbons (Fsp3) is 0.0270. The highest BCUT2D eigenvalue weighted by molar-refractivity contribution is 6.18. The molecule has 1 unspecified atom stereocenters. The quantitative estimate of drug-likeness (QED) is 0.180. The van der Waals surface area contributed by atoms with Gasteiger partial charge in [-0.25, -0.2) is 9.97 Å². The monoisotopic (exact) mass is 1030 g/mol. The van der Waals surface area contributed by atoms with Crippen LogP contribution in [0.2, 0.25) is 0 Å². The highest BCUT2D eigenvalue weighted by atomic mass is 16.3. The minimum absolute atomic E-state index is 0.506. The number of para-hydroxylation sites is 6. The van der Waals surface area contributed by atoms with Gasteiger partial charge in [-0.2, -0.15) is 0 Å². The van der Waals surface area contributed by atoms with Gasteiger partial charge in [-0.1, -0.05) is 170 Å². The SMILES string of the molecule is C1=c2[nH]c3ccccc3c2=CC(c2ccc3c(c2)c2ccccc2n3-c2ccccc2)(c2nc3oc4ccc5ccccc5c4c3nc2-n2c3ccccc3c3cc(-c4ccc5c(c4)c4ccccc4n5-c4ccccc4)ccc32)C1. The highest BCUT2D eigenvalue weighted by Crippen LogP contribution is 2.47. The molecule has 1 aliphatic carbocycles. The molecule has 1 atom stereocenters. The molecule has 378 valence electrons. The molecule has 1 aliphatic rings. The lowest BCUT2D eigenvalue weighted by Crippen LogP contribution is -2.38. The van der Waals surface area contributed by atoms with Crippen LogP contribution in [0.5, 0.6) is 0 Å². The Bertz CT molecular complexity index is 5640. The summed E-state index contributed by atoms with van der Waals surface area (Å²) in [5, 5.41) is 13.6. The normalized spacial score (nSPS) is 14.6. The Balaban J connectivity index is 0.934. The van der Waals surface area contributed by atoms with Crippen molar-refractivity contribution in [3.63, 3.8) is 0 Å². The second-order valence-electron chi connectivity index (χ2n) is 21.8. The van der Waals surface area contributed by atoms with Crippen LogP contribution in [0.25, 0.3) is 150 Å². The average molecular weight is 1040 g/mol. The maximum absolute atomic E-state index is 6.96. The molecule has 6 heterocycles. The van der Waals surface area contributed by atoms with Crippen molar-refractivity contribution < 1.29 is 4.42 Å². The molecule has 18 rings (SSSR count). The summed E-state index contributed by atoms with van der Waals surface area (Å²) < 4.78 is 14.1. The predicted octanol–water partition coefficient (Wildman–Crippen LogP) is 16.9. The first kappa shape index (κ1) is 44.2. The predicted molar refractivity (Wildman–Crippen MR) is 334 cm³/mol. The lowest BCUT2D eigenvalue weighted by atomic mass is 9.71. The van der Waals surface area contributed by atoms with E-state index in [1.54, 1.807) is 0 Å². The molecular weight excluding hydrogens is 989 g/mol. The summed E-state index contributed by atoms with van der Waals surface area (Å²) in [6.45, 7) is 0. The van der Waals surface area contributed by atoms with Crippen LogP contribution in [-0.4, -0.2) is 28.7 Å². The maximum atomic E-state index is 6.96. The molecule has 0 fully saturated rings. The summed E-state index contributed by atoms with van der Waals surface area (Å²) in [6, 6.07) is 90.0. The van der Waals surface area contributed by atoms with Gasteiger partial charge in [-0.05, 0) is 125 Å². The molecule has 11 aromatic carbocycles. The number of hydrogen-bond acceptors (Lipinski definition) is 3. The van der Waals surface area contributed by atoms with E-state index >= 15 is 0 Å². The van der Waals surface area contributed by atoms with E-state index in [4.69, 9.17) is 14.4 Å². The van der Waals surface area contributed by atoms with E-state index in [1.807, 2.05) is 0 Å². The van der Waals surface area contributed by atoms with E-state index in [1.165, 1.54) is 32.6 Å². The molecule has 0 amide bonds. The zero-order chi connectivity index (χ0) is 52.9. The first-order valence-corrected chi connectivity index (χ1v) is 27.8. The average Bonchev–Trinajstić information content (AvgIpc) is 4.39. The van der Waals surface area contributed by atoms with Crippen molar-refractivity contribution in [2.45, 2.75) is 11.8 Å². The smallest absolute Gasteiger partial charge is 0.246 e. The van der Waals surface area contributed by atoms with E-state index in [2.05, 4.69) is 280 Å². The molecule has 0 bridgehead atoms. The van der Waals surface area contributed by atoms with Gasteiger partial charge in [-0.3, -0.25) is 4.57 Å². The standard InChI is InChI=1S/C74H46N6O/c1-3-18-49(19-4-1)78-62-28-14-10-24-53(62)56-41-46(31-35-65(56)78)47-32-36-67-57(42-47)54-25-12-16-30-64(54)80(67)72-71(77-73-70(76-72)69-51-22-8-7-17-45(51)33-38-68(69)81-73)74(40-39-61-59(44-74)52-23-9-13-27-60(52)75-61)48-34-37-66-58(43-48)55-26-11-15-29-63(55)79(66)50-20-5-2-6-21-50/h1-39,41-44,75H,40H2. The fourth-order valence-electron chi connectivity index (χ4n) is 13.9. The Hall–Kier alpha value is -10.8. The van der Waals surface area contributed by atoms with Crippen molar-refractivity contribution in [1.29, 1.82) is 0 Å². The van der Waals surface area contributed by atoms with E-state index < -0.39 is 5.41 Å². The van der Waals surface area contributed by atoms with E-state index in [0.717, 1.165) is 121 Å². The number of fused-ring (bicyclic) bond motifs is 17. The number of nitrogens with one attached hydrogen (secondary N) is 1. The number of furan rings is 1. The molecule has 0 saturated heterocycles. The minimum Gasteiger partial charge on any atom is -0.436 e. The Labute approximate surface area is 462 Å². The fourth-order valence-corrected chi connectivity index (χ4v) is 13.9. The molecular formula is C74H46N6O. The molecule has 6 aromatic heterocycles. The van der Waals surface area contributed by atoms with Crippen molar-refractivity contribution in [2.75, 3.05) is 0 Å². The number of aromatic amines is 1. The summed E-state index contributed by atoms with van der Waals surface area (Å²) in [5.41, 5.74) is 15.5. The molecule has 0 aliphatic heterocycles. The van der Waals surface area contributed by atoms with Crippen molar-refractivity contribution in [1.82, 2.24) is 28.7 Å². The van der Waals surface area contributed by atoms with Crippen LogP contribution < -0.4 is 10.6 Å². The van der Waals surface area contributed by atoms with Gasteiger partial charge in [0.15, 0.2) is 5.82 Å². The number of nitrogens with zero attached hydrogens (tertiary/aromatic N) is 5. The van der Waals surface area contributed by atoms with Gasteiger partial charge in [0, 0.05) is 65.2 Å². The summed E-state index contributed by atoms with van der Waals surface area (Å²) in [4.78, 5) is 15.7. The molecule has 7 heteroatoms. The Morgan fingerprint density at radius 2 is 0.938 bits per heavy atom. The van der Waals surface area contributed by atoms with Crippen molar-refractivity contribution >= 4 is 121 Å². The molecule has 7 nitrogen and oxygen atoms in total. The molecule has 0 radical (unpaired) electrons. The zero-order valence-corrected chi connectivity index (χ0v) is 43.7. The van der Waals surface area contributed by atoms with E-state index in [9.17, 15) is 0 Å². The van der Waals surface area contributed by atoms with Crippen LogP contribution in [-0.2, 0) is 5.41 Å². The minimum atomic E-state index is -0.856. The van der Waals surface area contributed by atoms with Crippen molar-refractivity contribution in [3.8, 4) is 28.3 Å². The molecule has 0 saturated carbocycles. The number of hydrogen-bond donors (Lipinski definition) is 1. The lowest BCUT2D eigenvalue weighted by molar-refractivity contribution is 0.625. The Kier molecular flexibility index (Phi) is 9.08. The second-order valence-corrected chi connectivity index (χ2v) is 21.8. The summed E-state index contributed by atoms with van der Waals surface area (Å²) >= 11 is 0. The van der Waals surface area contributed by atoms with Gasteiger partial charge in [0.05, 0.1) is 43.9 Å². The van der Waals surface area contributed by atoms with E-state index in [-0.39, 0.29) is 0 Å². The number of H-pyrrole nitrogens is 1. The number of benzene rings is 11. The summed E-state index contributed by atoms with van der Waals surface area (Å²) in [6.07, 6.45) is 5.46. The molecule has 1 N–H and O–H groups in total. The lowest BCUT2D eigenvalue weighted by Gasteiger charge is -2.33. The first-order chi connectivity index (χ1) is 40.1. The zero-order valence-electron chi connectivity index (χ0n) is 43.7. The van der Waals surface area contributed by atoms with Gasteiger partial charge in [0.1, 0.15) is 16.8 Å². The third-order valence-electron chi connectivity index (χ3n) is 17.5. The highest BCUT2D eigenvalue weighted by Gasteiger charge is 2.40. The summed E-state index contributed by atoms with van der Waals surface area (Å²) in [5.74, 6) is 0.756. The Morgan fingerprint density at radius 1 is 0.420 bits per heavy atom. The molecule has 0 spiro atoms. The van der Waals surface area contributed by atoms with Gasteiger partial charge in [0.2, 0.25) is 5.71 Å². The van der Waals surface area contributed by atoms with Crippen LogP contribution in [0, 0.1) is 0 Å². The van der Waals surface area contributed by atoms with Crippen LogP contribution in [0.4, 0.5) is 0 Å².